The lowest BCUT2D eigenvalue weighted by atomic mass is 10.2. The van der Waals surface area contributed by atoms with Crippen LogP contribution in [0.2, 0.25) is 0 Å². The van der Waals surface area contributed by atoms with E-state index in [1.165, 1.54) is 12.1 Å². The van der Waals surface area contributed by atoms with Crippen LogP contribution in [0, 0.1) is 10.1 Å². The van der Waals surface area contributed by atoms with E-state index in [1.807, 2.05) is 6.92 Å². The first-order valence-electron chi connectivity index (χ1n) is 4.83. The molecule has 1 rings (SSSR count). The fourth-order valence-corrected chi connectivity index (χ4v) is 1.17. The van der Waals surface area contributed by atoms with E-state index in [2.05, 4.69) is 5.32 Å². The molecule has 0 heterocycles. The lowest BCUT2D eigenvalue weighted by molar-refractivity contribution is -0.384. The maximum absolute atomic E-state index is 10.5. The molecule has 0 bridgehead atoms. The monoisotopic (exact) mass is 209 g/mol. The summed E-state index contributed by atoms with van der Waals surface area (Å²) in [6.07, 6.45) is 0.836. The van der Waals surface area contributed by atoms with E-state index in [9.17, 15) is 10.1 Å². The fraction of sp³-hybridized carbons (Fsp3) is 0.400. The van der Waals surface area contributed by atoms with E-state index in [-0.39, 0.29) is 11.7 Å². The second kappa shape index (κ2) is 5.31. The van der Waals surface area contributed by atoms with Crippen molar-refractivity contribution in [3.05, 3.63) is 34.4 Å². The molecule has 1 unspecified atom stereocenters. The second-order valence-electron chi connectivity index (χ2n) is 3.50. The first-order valence-corrected chi connectivity index (χ1v) is 4.83. The Labute approximate surface area is 88.4 Å². The third-order valence-corrected chi connectivity index (χ3v) is 1.99. The summed E-state index contributed by atoms with van der Waals surface area (Å²) in [4.78, 5) is 10.1. The summed E-state index contributed by atoms with van der Waals surface area (Å²) in [6.45, 7) is 2.65. The van der Waals surface area contributed by atoms with Gasteiger partial charge in [-0.2, -0.15) is 0 Å². The molecule has 0 saturated carbocycles. The third kappa shape index (κ3) is 3.95. The molecule has 0 aliphatic rings. The summed E-state index contributed by atoms with van der Waals surface area (Å²) in [6, 6.07) is 6.58. The van der Waals surface area contributed by atoms with Crippen LogP contribution in [0.15, 0.2) is 24.3 Å². The van der Waals surface area contributed by atoms with Crippen molar-refractivity contribution in [2.24, 2.45) is 5.73 Å². The Morgan fingerprint density at radius 2 is 2.33 bits per heavy atom. The average Bonchev–Trinajstić information content (AvgIpc) is 2.17. The minimum absolute atomic E-state index is 0.0980. The maximum Gasteiger partial charge on any atom is 0.271 e. The molecule has 1 aromatic rings. The largest absolute Gasteiger partial charge is 0.385 e. The number of benzene rings is 1. The molecule has 3 N–H and O–H groups in total. The van der Waals surface area contributed by atoms with Crippen LogP contribution in [0.3, 0.4) is 0 Å². The van der Waals surface area contributed by atoms with Gasteiger partial charge in [-0.3, -0.25) is 10.1 Å². The smallest absolute Gasteiger partial charge is 0.271 e. The number of nitrogens with one attached hydrogen (secondary N) is 1. The SMILES string of the molecule is CC(N)CCNc1cccc([N+](=O)[O-])c1. The lowest BCUT2D eigenvalue weighted by Crippen LogP contribution is -2.19. The number of nitro benzene ring substituents is 1. The van der Waals surface area contributed by atoms with Crippen LogP contribution in [0.5, 0.6) is 0 Å². The molecule has 0 radical (unpaired) electrons. The van der Waals surface area contributed by atoms with Crippen molar-refractivity contribution in [3.63, 3.8) is 0 Å². The van der Waals surface area contributed by atoms with Gasteiger partial charge in [-0.05, 0) is 19.4 Å². The minimum atomic E-state index is -0.406. The van der Waals surface area contributed by atoms with Crippen LogP contribution >= 0.6 is 0 Å². The Bertz CT molecular complexity index is 339. The van der Waals surface area contributed by atoms with Crippen LogP contribution in [0.25, 0.3) is 0 Å². The molecule has 1 aromatic carbocycles. The van der Waals surface area contributed by atoms with Gasteiger partial charge in [0, 0.05) is 30.4 Å². The predicted molar refractivity (Wildman–Crippen MR) is 59.9 cm³/mol. The van der Waals surface area contributed by atoms with Gasteiger partial charge in [-0.1, -0.05) is 6.07 Å². The van der Waals surface area contributed by atoms with Crippen LogP contribution in [-0.4, -0.2) is 17.5 Å². The Morgan fingerprint density at radius 3 is 2.93 bits per heavy atom. The van der Waals surface area contributed by atoms with Gasteiger partial charge in [0.05, 0.1) is 4.92 Å². The quantitative estimate of drug-likeness (QED) is 0.571. The number of hydrogen-bond acceptors (Lipinski definition) is 4. The van der Waals surface area contributed by atoms with Crippen LogP contribution in [-0.2, 0) is 0 Å². The van der Waals surface area contributed by atoms with Crippen LogP contribution in [0.1, 0.15) is 13.3 Å². The van der Waals surface area contributed by atoms with Crippen molar-refractivity contribution in [3.8, 4) is 0 Å². The van der Waals surface area contributed by atoms with Gasteiger partial charge in [0.15, 0.2) is 0 Å². The van der Waals surface area contributed by atoms with Gasteiger partial charge in [0.25, 0.3) is 5.69 Å². The van der Waals surface area contributed by atoms with Crippen molar-refractivity contribution in [1.29, 1.82) is 0 Å². The summed E-state index contributed by atoms with van der Waals surface area (Å²) >= 11 is 0. The summed E-state index contributed by atoms with van der Waals surface area (Å²) in [5.74, 6) is 0. The van der Waals surface area contributed by atoms with Crippen molar-refractivity contribution < 1.29 is 4.92 Å². The van der Waals surface area contributed by atoms with Gasteiger partial charge in [0.2, 0.25) is 0 Å². The molecule has 0 fully saturated rings. The maximum atomic E-state index is 10.5. The molecular weight excluding hydrogens is 194 g/mol. The first kappa shape index (κ1) is 11.5. The third-order valence-electron chi connectivity index (χ3n) is 1.99. The Morgan fingerprint density at radius 1 is 1.60 bits per heavy atom. The molecule has 5 heteroatoms. The van der Waals surface area contributed by atoms with Gasteiger partial charge in [-0.25, -0.2) is 0 Å². The Kier molecular flexibility index (Phi) is 4.05. The molecular formula is C10H15N3O2. The lowest BCUT2D eigenvalue weighted by Gasteiger charge is -2.07. The number of nitro groups is 1. The number of nitrogens with zero attached hydrogens (tertiary/aromatic N) is 1. The molecule has 0 amide bonds. The summed E-state index contributed by atoms with van der Waals surface area (Å²) in [7, 11) is 0. The summed E-state index contributed by atoms with van der Waals surface area (Å²) in [5, 5.41) is 13.6. The highest BCUT2D eigenvalue weighted by Crippen LogP contribution is 2.16. The molecule has 1 atom stereocenters. The van der Waals surface area contributed by atoms with E-state index in [1.54, 1.807) is 12.1 Å². The van der Waals surface area contributed by atoms with Crippen LogP contribution in [0.4, 0.5) is 11.4 Å². The number of rotatable bonds is 5. The number of anilines is 1. The first-order chi connectivity index (χ1) is 7.09. The highest BCUT2D eigenvalue weighted by Gasteiger charge is 2.04. The topological polar surface area (TPSA) is 81.2 Å². The molecule has 15 heavy (non-hydrogen) atoms. The molecule has 82 valence electrons. The van der Waals surface area contributed by atoms with E-state index in [0.717, 1.165) is 18.7 Å². The molecule has 0 aliphatic heterocycles. The zero-order valence-corrected chi connectivity index (χ0v) is 8.64. The van der Waals surface area contributed by atoms with Crippen LogP contribution < -0.4 is 11.1 Å². The zero-order chi connectivity index (χ0) is 11.3. The number of non-ortho nitro benzene ring substituents is 1. The van der Waals surface area contributed by atoms with E-state index >= 15 is 0 Å². The Balaban J connectivity index is 2.54. The number of nitrogens with two attached hydrogens (primary N) is 1. The van der Waals surface area contributed by atoms with Gasteiger partial charge in [-0.15, -0.1) is 0 Å². The van der Waals surface area contributed by atoms with Crippen molar-refractivity contribution >= 4 is 11.4 Å². The minimum Gasteiger partial charge on any atom is -0.385 e. The van der Waals surface area contributed by atoms with E-state index in [4.69, 9.17) is 5.73 Å². The van der Waals surface area contributed by atoms with E-state index in [0.29, 0.717) is 0 Å². The van der Waals surface area contributed by atoms with E-state index < -0.39 is 4.92 Å². The van der Waals surface area contributed by atoms with Crippen molar-refractivity contribution in [2.75, 3.05) is 11.9 Å². The van der Waals surface area contributed by atoms with Crippen molar-refractivity contribution in [2.45, 2.75) is 19.4 Å². The second-order valence-corrected chi connectivity index (χ2v) is 3.50. The highest BCUT2D eigenvalue weighted by atomic mass is 16.6. The highest BCUT2D eigenvalue weighted by molar-refractivity contribution is 5.50. The van der Waals surface area contributed by atoms with Gasteiger partial charge in [0.1, 0.15) is 0 Å². The normalized spacial score (nSPS) is 12.1. The van der Waals surface area contributed by atoms with Gasteiger partial charge < -0.3 is 11.1 Å². The molecule has 0 aliphatic carbocycles. The summed E-state index contributed by atoms with van der Waals surface area (Å²) in [5.41, 5.74) is 6.44. The molecule has 0 saturated heterocycles. The van der Waals surface area contributed by atoms with Gasteiger partial charge >= 0.3 is 0 Å². The summed E-state index contributed by atoms with van der Waals surface area (Å²) < 4.78 is 0. The standard InChI is InChI=1S/C10H15N3O2/c1-8(11)5-6-12-9-3-2-4-10(7-9)13(14)15/h2-4,7-8,12H,5-6,11H2,1H3. The Hall–Kier alpha value is -1.62. The predicted octanol–water partition coefficient (Wildman–Crippen LogP) is 1.74. The fourth-order valence-electron chi connectivity index (χ4n) is 1.17. The molecule has 0 spiro atoms. The van der Waals surface area contributed by atoms with Crippen molar-refractivity contribution in [1.82, 2.24) is 0 Å². The molecule has 5 nitrogen and oxygen atoms in total. The molecule has 0 aromatic heterocycles. The number of hydrogen-bond donors (Lipinski definition) is 2. The zero-order valence-electron chi connectivity index (χ0n) is 8.64. The average molecular weight is 209 g/mol.